The summed E-state index contributed by atoms with van der Waals surface area (Å²) in [6, 6.07) is 7.20. The molecule has 0 bridgehead atoms. The second-order valence-corrected chi connectivity index (χ2v) is 5.08. The van der Waals surface area contributed by atoms with E-state index in [1.54, 1.807) is 12.1 Å². The van der Waals surface area contributed by atoms with E-state index in [2.05, 4.69) is 20.9 Å². The molecule has 1 aromatic heterocycles. The van der Waals surface area contributed by atoms with Crippen molar-refractivity contribution in [2.75, 3.05) is 0 Å². The Bertz CT molecular complexity index is 701. The van der Waals surface area contributed by atoms with Crippen LogP contribution in [-0.4, -0.2) is 4.98 Å². The summed E-state index contributed by atoms with van der Waals surface area (Å²) in [5, 5.41) is 8.88. The summed E-state index contributed by atoms with van der Waals surface area (Å²) < 4.78 is 28.0. The van der Waals surface area contributed by atoms with Gasteiger partial charge in [0.2, 0.25) is 0 Å². The van der Waals surface area contributed by atoms with E-state index < -0.39 is 17.2 Å². The number of halogens is 4. The van der Waals surface area contributed by atoms with Crippen molar-refractivity contribution in [3.8, 4) is 6.07 Å². The monoisotopic (exact) mass is 354 g/mol. The van der Waals surface area contributed by atoms with Crippen molar-refractivity contribution in [1.29, 1.82) is 5.26 Å². The smallest absolute Gasteiger partial charge is 0.136 e. The Balaban J connectivity index is 2.68. The SMILES string of the molecule is N#C/C(=C(\Cl)c1c(F)cc(Br)cc1F)c1cccnc1. The van der Waals surface area contributed by atoms with Gasteiger partial charge in [-0.05, 0) is 18.2 Å². The number of benzene rings is 1. The summed E-state index contributed by atoms with van der Waals surface area (Å²) in [4.78, 5) is 3.85. The molecule has 0 atom stereocenters. The second kappa shape index (κ2) is 6.12. The lowest BCUT2D eigenvalue weighted by Crippen LogP contribution is -1.95. The normalized spacial score (nSPS) is 11.8. The largest absolute Gasteiger partial charge is 0.264 e. The minimum Gasteiger partial charge on any atom is -0.264 e. The summed E-state index contributed by atoms with van der Waals surface area (Å²) >= 11 is 8.98. The summed E-state index contributed by atoms with van der Waals surface area (Å²) in [6.07, 6.45) is 2.92. The third-order valence-electron chi connectivity index (χ3n) is 2.51. The molecular formula is C14H6BrClF2N2. The Morgan fingerprint density at radius 1 is 1.30 bits per heavy atom. The third-order valence-corrected chi connectivity index (χ3v) is 3.34. The van der Waals surface area contributed by atoms with Crippen LogP contribution in [0.15, 0.2) is 41.1 Å². The van der Waals surface area contributed by atoms with Gasteiger partial charge in [0.1, 0.15) is 17.7 Å². The van der Waals surface area contributed by atoms with Gasteiger partial charge in [0.05, 0.1) is 16.2 Å². The molecule has 0 saturated heterocycles. The Morgan fingerprint density at radius 3 is 2.45 bits per heavy atom. The van der Waals surface area contributed by atoms with E-state index in [9.17, 15) is 14.0 Å². The lowest BCUT2D eigenvalue weighted by molar-refractivity contribution is 0.577. The van der Waals surface area contributed by atoms with Crippen LogP contribution in [-0.2, 0) is 0 Å². The molecule has 0 saturated carbocycles. The van der Waals surface area contributed by atoms with Crippen LogP contribution in [0, 0.1) is 23.0 Å². The third kappa shape index (κ3) is 2.87. The number of pyridine rings is 1. The van der Waals surface area contributed by atoms with Gasteiger partial charge in [0.25, 0.3) is 0 Å². The molecule has 0 N–H and O–H groups in total. The van der Waals surface area contributed by atoms with E-state index in [-0.39, 0.29) is 15.1 Å². The van der Waals surface area contributed by atoms with Crippen molar-refractivity contribution >= 4 is 38.1 Å². The zero-order valence-corrected chi connectivity index (χ0v) is 12.2. The van der Waals surface area contributed by atoms with Gasteiger partial charge in [0, 0.05) is 22.4 Å². The molecule has 1 heterocycles. The molecule has 20 heavy (non-hydrogen) atoms. The quantitative estimate of drug-likeness (QED) is 0.729. The van der Waals surface area contributed by atoms with Crippen molar-refractivity contribution in [3.63, 3.8) is 0 Å². The van der Waals surface area contributed by atoms with E-state index in [1.807, 2.05) is 6.07 Å². The molecule has 100 valence electrons. The summed E-state index contributed by atoms with van der Waals surface area (Å²) in [6.45, 7) is 0. The van der Waals surface area contributed by atoms with Crippen molar-refractivity contribution in [2.24, 2.45) is 0 Å². The maximum atomic E-state index is 13.9. The van der Waals surface area contributed by atoms with Crippen LogP contribution < -0.4 is 0 Å². The zero-order chi connectivity index (χ0) is 14.7. The van der Waals surface area contributed by atoms with Gasteiger partial charge in [-0.1, -0.05) is 33.6 Å². The van der Waals surface area contributed by atoms with Crippen LogP contribution in [0.5, 0.6) is 0 Å². The first kappa shape index (κ1) is 14.6. The highest BCUT2D eigenvalue weighted by atomic mass is 79.9. The molecule has 0 aliphatic rings. The molecule has 1 aromatic carbocycles. The molecule has 6 heteroatoms. The highest BCUT2D eigenvalue weighted by Crippen LogP contribution is 2.33. The number of rotatable bonds is 2. The van der Waals surface area contributed by atoms with Crippen molar-refractivity contribution < 1.29 is 8.78 Å². The van der Waals surface area contributed by atoms with E-state index >= 15 is 0 Å². The van der Waals surface area contributed by atoms with E-state index in [1.165, 1.54) is 12.4 Å². The Morgan fingerprint density at radius 2 is 1.95 bits per heavy atom. The minimum absolute atomic E-state index is 0.0418. The summed E-state index contributed by atoms with van der Waals surface area (Å²) in [7, 11) is 0. The van der Waals surface area contributed by atoms with Crippen LogP contribution in [0.25, 0.3) is 10.6 Å². The van der Waals surface area contributed by atoms with Gasteiger partial charge in [0.15, 0.2) is 0 Å². The maximum absolute atomic E-state index is 13.9. The Hall–Kier alpha value is -1.77. The van der Waals surface area contributed by atoms with E-state index in [4.69, 9.17) is 11.6 Å². The van der Waals surface area contributed by atoms with Crippen molar-refractivity contribution in [1.82, 2.24) is 4.98 Å². The van der Waals surface area contributed by atoms with Crippen LogP contribution >= 0.6 is 27.5 Å². The average Bonchev–Trinajstić information content (AvgIpc) is 2.39. The topological polar surface area (TPSA) is 36.7 Å². The number of aromatic nitrogens is 1. The highest BCUT2D eigenvalue weighted by molar-refractivity contribution is 9.10. The molecular weight excluding hydrogens is 350 g/mol. The highest BCUT2D eigenvalue weighted by Gasteiger charge is 2.18. The van der Waals surface area contributed by atoms with Gasteiger partial charge >= 0.3 is 0 Å². The summed E-state index contributed by atoms with van der Waals surface area (Å²) in [5.41, 5.74) is -0.0862. The number of hydrogen-bond acceptors (Lipinski definition) is 2. The Kier molecular flexibility index (Phi) is 4.48. The zero-order valence-electron chi connectivity index (χ0n) is 9.87. The van der Waals surface area contributed by atoms with Gasteiger partial charge in [-0.2, -0.15) is 5.26 Å². The van der Waals surface area contributed by atoms with Gasteiger partial charge in [-0.3, -0.25) is 4.98 Å². The first-order chi connectivity index (χ1) is 9.54. The first-order valence-electron chi connectivity index (χ1n) is 5.39. The predicted molar refractivity (Wildman–Crippen MR) is 76.6 cm³/mol. The van der Waals surface area contributed by atoms with Crippen LogP contribution in [0.4, 0.5) is 8.78 Å². The van der Waals surface area contributed by atoms with Crippen LogP contribution in [0.1, 0.15) is 11.1 Å². The molecule has 0 spiro atoms. The van der Waals surface area contributed by atoms with Crippen molar-refractivity contribution in [2.45, 2.75) is 0 Å². The molecule has 0 aliphatic heterocycles. The fraction of sp³-hybridized carbons (Fsp3) is 0. The number of hydrogen-bond donors (Lipinski definition) is 0. The lowest BCUT2D eigenvalue weighted by atomic mass is 10.0. The minimum atomic E-state index is -0.849. The number of nitriles is 1. The molecule has 0 unspecified atom stereocenters. The van der Waals surface area contributed by atoms with Crippen molar-refractivity contribution in [3.05, 3.63) is 63.9 Å². The first-order valence-corrected chi connectivity index (χ1v) is 6.57. The van der Waals surface area contributed by atoms with E-state index in [0.717, 1.165) is 12.1 Å². The molecule has 2 aromatic rings. The lowest BCUT2D eigenvalue weighted by Gasteiger charge is -2.07. The maximum Gasteiger partial charge on any atom is 0.136 e. The Labute approximate surface area is 127 Å². The fourth-order valence-electron chi connectivity index (χ4n) is 1.63. The molecule has 0 fully saturated rings. The fourth-order valence-corrected chi connectivity index (χ4v) is 2.36. The second-order valence-electron chi connectivity index (χ2n) is 3.79. The van der Waals surface area contributed by atoms with E-state index in [0.29, 0.717) is 5.56 Å². The van der Waals surface area contributed by atoms with Crippen LogP contribution in [0.2, 0.25) is 0 Å². The molecule has 2 nitrogen and oxygen atoms in total. The number of nitrogens with zero attached hydrogens (tertiary/aromatic N) is 2. The average molecular weight is 356 g/mol. The van der Waals surface area contributed by atoms with Gasteiger partial charge < -0.3 is 0 Å². The standard InChI is InChI=1S/C14H6BrClF2N2/c15-9-4-11(17)13(12(18)5-9)14(16)10(6-19)8-2-1-3-20-7-8/h1-5,7H/b14-10+. The van der Waals surface area contributed by atoms with Gasteiger partial charge in [-0.25, -0.2) is 8.78 Å². The van der Waals surface area contributed by atoms with Gasteiger partial charge in [-0.15, -0.1) is 0 Å². The summed E-state index contributed by atoms with van der Waals surface area (Å²) in [5.74, 6) is -1.70. The molecule has 0 radical (unpaired) electrons. The molecule has 0 aliphatic carbocycles. The molecule has 2 rings (SSSR count). The molecule has 0 amide bonds. The predicted octanol–water partition coefficient (Wildman–Crippen LogP) is 4.75. The van der Waals surface area contributed by atoms with Crippen LogP contribution in [0.3, 0.4) is 0 Å². The number of allylic oxidation sites excluding steroid dienone is 1.